The van der Waals surface area contributed by atoms with E-state index in [-0.39, 0.29) is 5.97 Å². The molecular weight excluding hydrogens is 425 g/mol. The van der Waals surface area contributed by atoms with Crippen LogP contribution in [0.1, 0.15) is 28.4 Å². The second-order valence-electron chi connectivity index (χ2n) is 7.01. The molecule has 0 aliphatic carbocycles. The summed E-state index contributed by atoms with van der Waals surface area (Å²) in [5.74, 6) is -1.42. The number of rotatable bonds is 4. The van der Waals surface area contributed by atoms with Gasteiger partial charge in [-0.2, -0.15) is 0 Å². The van der Waals surface area contributed by atoms with Crippen LogP contribution in [0.2, 0.25) is 10.0 Å². The quantitative estimate of drug-likeness (QED) is 0.494. The lowest BCUT2D eigenvalue weighted by atomic mass is 9.93. The molecule has 1 aliphatic rings. The summed E-state index contributed by atoms with van der Waals surface area (Å²) >= 11 is 12.2. The zero-order valence-electron chi connectivity index (χ0n) is 16.4. The molecular formula is C23H19Cl2NO4. The largest absolute Gasteiger partial charge is 0.469 e. The molecule has 7 heteroatoms. The SMILES string of the molecule is COC(=O)c1c(-c2ccc(Cl)cc2)c(-c2ccc(Cl)cc2)n2c1C(C(=O)OC)CC2. The van der Waals surface area contributed by atoms with E-state index in [1.54, 1.807) is 24.3 Å². The molecule has 0 fully saturated rings. The van der Waals surface area contributed by atoms with E-state index in [4.69, 9.17) is 32.7 Å². The number of esters is 2. The van der Waals surface area contributed by atoms with Gasteiger partial charge in [-0.15, -0.1) is 0 Å². The van der Waals surface area contributed by atoms with Crippen molar-refractivity contribution in [2.24, 2.45) is 0 Å². The van der Waals surface area contributed by atoms with Crippen LogP contribution in [-0.2, 0) is 20.8 Å². The van der Waals surface area contributed by atoms with Crippen LogP contribution in [-0.4, -0.2) is 30.7 Å². The van der Waals surface area contributed by atoms with Crippen LogP contribution >= 0.6 is 23.2 Å². The number of halogens is 2. The standard InChI is InChI=1S/C23H19Cl2NO4/c1-29-22(27)17-11-12-26-20(14-5-9-16(25)10-6-14)18(13-3-7-15(24)8-4-13)19(21(17)26)23(28)30-2/h3-10,17H,11-12H2,1-2H3. The van der Waals surface area contributed by atoms with Crippen LogP contribution in [0.5, 0.6) is 0 Å². The van der Waals surface area contributed by atoms with Crippen LogP contribution < -0.4 is 0 Å². The molecule has 1 unspecified atom stereocenters. The van der Waals surface area contributed by atoms with Crippen molar-refractivity contribution in [3.63, 3.8) is 0 Å². The highest BCUT2D eigenvalue weighted by Gasteiger charge is 2.40. The summed E-state index contributed by atoms with van der Waals surface area (Å²) < 4.78 is 12.2. The van der Waals surface area contributed by atoms with E-state index in [1.807, 2.05) is 28.8 Å². The number of hydrogen-bond acceptors (Lipinski definition) is 4. The molecule has 0 saturated heterocycles. The van der Waals surface area contributed by atoms with Gasteiger partial charge in [-0.3, -0.25) is 4.79 Å². The Morgan fingerprint density at radius 1 is 0.900 bits per heavy atom. The Hall–Kier alpha value is -2.76. The van der Waals surface area contributed by atoms with Gasteiger partial charge in [0.05, 0.1) is 31.4 Å². The summed E-state index contributed by atoms with van der Waals surface area (Å²) in [6.07, 6.45) is 0.549. The molecule has 0 spiro atoms. The van der Waals surface area contributed by atoms with Gasteiger partial charge < -0.3 is 14.0 Å². The predicted molar refractivity (Wildman–Crippen MR) is 116 cm³/mol. The normalized spacial score (nSPS) is 15.0. The van der Waals surface area contributed by atoms with Gasteiger partial charge in [0.1, 0.15) is 0 Å². The second-order valence-corrected chi connectivity index (χ2v) is 7.88. The highest BCUT2D eigenvalue weighted by Crippen LogP contribution is 2.46. The number of carbonyl (C=O) groups excluding carboxylic acids is 2. The highest BCUT2D eigenvalue weighted by atomic mass is 35.5. The molecule has 5 nitrogen and oxygen atoms in total. The van der Waals surface area contributed by atoms with E-state index in [1.165, 1.54) is 14.2 Å². The maximum absolute atomic E-state index is 13.0. The summed E-state index contributed by atoms with van der Waals surface area (Å²) in [4.78, 5) is 25.5. The maximum Gasteiger partial charge on any atom is 0.340 e. The first-order valence-electron chi connectivity index (χ1n) is 9.40. The van der Waals surface area contributed by atoms with E-state index in [9.17, 15) is 9.59 Å². The lowest BCUT2D eigenvalue weighted by molar-refractivity contribution is -0.142. The Morgan fingerprint density at radius 2 is 1.47 bits per heavy atom. The number of benzene rings is 2. The van der Waals surface area contributed by atoms with Gasteiger partial charge in [0.25, 0.3) is 0 Å². The van der Waals surface area contributed by atoms with Gasteiger partial charge in [0, 0.05) is 27.8 Å². The lowest BCUT2D eigenvalue weighted by Crippen LogP contribution is -2.15. The van der Waals surface area contributed by atoms with Crippen molar-refractivity contribution < 1.29 is 19.1 Å². The fourth-order valence-electron chi connectivity index (χ4n) is 4.11. The van der Waals surface area contributed by atoms with Crippen molar-refractivity contribution in [3.8, 4) is 22.4 Å². The Morgan fingerprint density at radius 3 is 2.00 bits per heavy atom. The van der Waals surface area contributed by atoms with E-state index in [0.717, 1.165) is 16.8 Å². The van der Waals surface area contributed by atoms with Crippen LogP contribution in [0.3, 0.4) is 0 Å². The van der Waals surface area contributed by atoms with E-state index in [0.29, 0.717) is 39.8 Å². The molecule has 154 valence electrons. The average molecular weight is 444 g/mol. The number of aromatic nitrogens is 1. The minimum absolute atomic E-state index is 0.373. The lowest BCUT2D eigenvalue weighted by Gasteiger charge is -2.12. The third kappa shape index (κ3) is 3.38. The number of nitrogens with zero attached hydrogens (tertiary/aromatic N) is 1. The van der Waals surface area contributed by atoms with E-state index in [2.05, 4.69) is 0 Å². The van der Waals surface area contributed by atoms with E-state index < -0.39 is 11.9 Å². The molecule has 1 aromatic heterocycles. The third-order valence-corrected chi connectivity index (χ3v) is 5.90. The summed E-state index contributed by atoms with van der Waals surface area (Å²) in [6, 6.07) is 14.6. The topological polar surface area (TPSA) is 57.5 Å². The van der Waals surface area contributed by atoms with Crippen LogP contribution in [0, 0.1) is 0 Å². The minimum atomic E-state index is -0.545. The van der Waals surface area contributed by atoms with Gasteiger partial charge in [0.2, 0.25) is 0 Å². The first kappa shape index (κ1) is 20.5. The molecule has 0 saturated carbocycles. The first-order chi connectivity index (χ1) is 14.5. The molecule has 1 aliphatic heterocycles. The number of ether oxygens (including phenoxy) is 2. The third-order valence-electron chi connectivity index (χ3n) is 5.40. The molecule has 3 aromatic rings. The summed E-state index contributed by atoms with van der Waals surface area (Å²) in [5, 5.41) is 1.20. The summed E-state index contributed by atoms with van der Waals surface area (Å²) in [7, 11) is 2.69. The van der Waals surface area contributed by atoms with Crippen LogP contribution in [0.15, 0.2) is 48.5 Å². The van der Waals surface area contributed by atoms with Gasteiger partial charge in [0.15, 0.2) is 0 Å². The molecule has 30 heavy (non-hydrogen) atoms. The van der Waals surface area contributed by atoms with Gasteiger partial charge in [-0.1, -0.05) is 47.5 Å². The number of hydrogen-bond donors (Lipinski definition) is 0. The highest BCUT2D eigenvalue weighted by molar-refractivity contribution is 6.31. The number of methoxy groups -OCH3 is 2. The fraction of sp³-hybridized carbons (Fsp3) is 0.217. The van der Waals surface area contributed by atoms with Crippen molar-refractivity contribution in [2.75, 3.05) is 14.2 Å². The molecule has 1 atom stereocenters. The maximum atomic E-state index is 13.0. The molecule has 4 rings (SSSR count). The Bertz CT molecular complexity index is 1120. The minimum Gasteiger partial charge on any atom is -0.469 e. The Kier molecular flexibility index (Phi) is 5.58. The van der Waals surface area contributed by atoms with Crippen molar-refractivity contribution in [3.05, 3.63) is 69.8 Å². The Balaban J connectivity index is 2.08. The number of fused-ring (bicyclic) bond motifs is 1. The molecule has 2 aromatic carbocycles. The van der Waals surface area contributed by atoms with Gasteiger partial charge in [-0.05, 0) is 41.8 Å². The molecule has 0 amide bonds. The number of carbonyl (C=O) groups is 2. The van der Waals surface area contributed by atoms with Crippen molar-refractivity contribution >= 4 is 35.1 Å². The molecule has 2 heterocycles. The van der Waals surface area contributed by atoms with Crippen LogP contribution in [0.25, 0.3) is 22.4 Å². The van der Waals surface area contributed by atoms with Crippen molar-refractivity contribution in [1.29, 1.82) is 0 Å². The van der Waals surface area contributed by atoms with Crippen molar-refractivity contribution in [2.45, 2.75) is 18.9 Å². The fourth-order valence-corrected chi connectivity index (χ4v) is 4.36. The smallest absolute Gasteiger partial charge is 0.340 e. The zero-order chi connectivity index (χ0) is 21.4. The monoisotopic (exact) mass is 443 g/mol. The zero-order valence-corrected chi connectivity index (χ0v) is 18.0. The van der Waals surface area contributed by atoms with Crippen molar-refractivity contribution in [1.82, 2.24) is 4.57 Å². The van der Waals surface area contributed by atoms with Crippen LogP contribution in [0.4, 0.5) is 0 Å². The second kappa shape index (κ2) is 8.17. The Labute approximate surface area is 184 Å². The molecule has 0 bridgehead atoms. The first-order valence-corrected chi connectivity index (χ1v) is 10.2. The average Bonchev–Trinajstić information content (AvgIpc) is 3.32. The predicted octanol–water partition coefficient (Wildman–Crippen LogP) is 5.58. The summed E-state index contributed by atoms with van der Waals surface area (Å²) in [6.45, 7) is 0.574. The molecule has 0 N–H and O–H groups in total. The van der Waals surface area contributed by atoms with Gasteiger partial charge in [-0.25, -0.2) is 4.79 Å². The van der Waals surface area contributed by atoms with Gasteiger partial charge >= 0.3 is 11.9 Å². The summed E-state index contributed by atoms with van der Waals surface area (Å²) in [5.41, 5.74) is 4.20. The van der Waals surface area contributed by atoms with E-state index >= 15 is 0 Å². The molecule has 0 radical (unpaired) electrons.